The van der Waals surface area contributed by atoms with Crippen LogP contribution in [0, 0.1) is 11.3 Å². The monoisotopic (exact) mass is 247 g/mol. The first-order chi connectivity index (χ1) is 8.61. The molecule has 0 aliphatic carbocycles. The van der Waals surface area contributed by atoms with Crippen LogP contribution in [0.2, 0.25) is 0 Å². The molecule has 0 bridgehead atoms. The van der Waals surface area contributed by atoms with Gasteiger partial charge in [-0.25, -0.2) is 4.98 Å². The summed E-state index contributed by atoms with van der Waals surface area (Å²) in [4.78, 5) is 4.05. The number of hydrogen-bond donors (Lipinski definition) is 1. The van der Waals surface area contributed by atoms with Crippen molar-refractivity contribution < 1.29 is 9.47 Å². The van der Waals surface area contributed by atoms with Crippen LogP contribution in [0.3, 0.4) is 0 Å². The van der Waals surface area contributed by atoms with Gasteiger partial charge in [0.15, 0.2) is 0 Å². The topological polar surface area (TPSA) is 67.2 Å². The van der Waals surface area contributed by atoms with E-state index in [1.54, 1.807) is 18.3 Å². The van der Waals surface area contributed by atoms with Crippen molar-refractivity contribution in [3.05, 3.63) is 23.9 Å². The van der Waals surface area contributed by atoms with E-state index in [2.05, 4.69) is 16.4 Å². The van der Waals surface area contributed by atoms with Crippen LogP contribution in [0.15, 0.2) is 18.3 Å². The van der Waals surface area contributed by atoms with Crippen LogP contribution in [0.25, 0.3) is 0 Å². The van der Waals surface area contributed by atoms with Gasteiger partial charge in [0, 0.05) is 19.3 Å². The Morgan fingerprint density at radius 2 is 2.50 bits per heavy atom. The fourth-order valence-electron chi connectivity index (χ4n) is 1.92. The average Bonchev–Trinajstić information content (AvgIpc) is 2.35. The number of nitrogens with one attached hydrogen (secondary N) is 1. The Bertz CT molecular complexity index is 454. The second-order valence-corrected chi connectivity index (χ2v) is 4.91. The van der Waals surface area contributed by atoms with Crippen LogP contribution in [0.4, 0.5) is 0 Å². The fraction of sp³-hybridized carbons (Fsp3) is 0.538. The molecule has 0 spiro atoms. The lowest BCUT2D eigenvalue weighted by Gasteiger charge is -2.36. The molecule has 2 rings (SSSR count). The van der Waals surface area contributed by atoms with Crippen LogP contribution in [0.1, 0.15) is 19.4 Å². The molecule has 96 valence electrons. The number of nitrogens with zero attached hydrogens (tertiary/aromatic N) is 2. The maximum absolute atomic E-state index is 8.92. The van der Waals surface area contributed by atoms with Gasteiger partial charge in [0.2, 0.25) is 5.88 Å². The molecule has 1 aromatic heterocycles. The largest absolute Gasteiger partial charge is 0.474 e. The van der Waals surface area contributed by atoms with Gasteiger partial charge in [-0.2, -0.15) is 5.26 Å². The first kappa shape index (κ1) is 12.8. The number of nitriles is 1. The van der Waals surface area contributed by atoms with Crippen molar-refractivity contribution in [2.24, 2.45) is 0 Å². The fourth-order valence-corrected chi connectivity index (χ4v) is 1.92. The summed E-state index contributed by atoms with van der Waals surface area (Å²) in [5.74, 6) is 0.368. The number of aromatic nitrogens is 1. The summed E-state index contributed by atoms with van der Waals surface area (Å²) < 4.78 is 11.4. The number of pyridine rings is 1. The first-order valence-electron chi connectivity index (χ1n) is 5.97. The minimum absolute atomic E-state index is 0.0256. The molecule has 1 N–H and O–H groups in total. The molecule has 1 aromatic rings. The van der Waals surface area contributed by atoms with E-state index in [0.717, 1.165) is 13.1 Å². The SMILES string of the molecule is CC1(C)CNCC(COc2ncccc2C#N)O1. The number of ether oxygens (including phenoxy) is 2. The van der Waals surface area contributed by atoms with Crippen LogP contribution in [-0.2, 0) is 4.74 Å². The molecule has 5 nitrogen and oxygen atoms in total. The number of morpholine rings is 1. The van der Waals surface area contributed by atoms with E-state index in [-0.39, 0.29) is 11.7 Å². The normalized spacial score (nSPS) is 22.2. The molecular formula is C13H17N3O2. The van der Waals surface area contributed by atoms with E-state index in [4.69, 9.17) is 14.7 Å². The highest BCUT2D eigenvalue weighted by atomic mass is 16.6. The Balaban J connectivity index is 1.94. The van der Waals surface area contributed by atoms with Crippen molar-refractivity contribution in [2.45, 2.75) is 25.6 Å². The first-order valence-corrected chi connectivity index (χ1v) is 5.97. The van der Waals surface area contributed by atoms with Crippen LogP contribution < -0.4 is 10.1 Å². The average molecular weight is 247 g/mol. The molecule has 2 heterocycles. The van der Waals surface area contributed by atoms with Crippen molar-refractivity contribution in [1.29, 1.82) is 5.26 Å². The van der Waals surface area contributed by atoms with E-state index < -0.39 is 0 Å². The predicted molar refractivity (Wildman–Crippen MR) is 66.3 cm³/mol. The van der Waals surface area contributed by atoms with Crippen LogP contribution in [-0.4, -0.2) is 36.4 Å². The van der Waals surface area contributed by atoms with E-state index in [1.807, 2.05) is 13.8 Å². The molecule has 1 aliphatic heterocycles. The number of hydrogen-bond acceptors (Lipinski definition) is 5. The smallest absolute Gasteiger partial charge is 0.231 e. The van der Waals surface area contributed by atoms with Crippen molar-refractivity contribution in [3.8, 4) is 11.9 Å². The summed E-state index contributed by atoms with van der Waals surface area (Å²) in [6.07, 6.45) is 1.59. The molecule has 1 unspecified atom stereocenters. The summed E-state index contributed by atoms with van der Waals surface area (Å²) in [5, 5.41) is 12.2. The minimum Gasteiger partial charge on any atom is -0.474 e. The molecule has 0 radical (unpaired) electrons. The standard InChI is InChI=1S/C13H17N3O2/c1-13(2)9-15-7-11(18-13)8-17-12-10(6-14)4-3-5-16-12/h3-5,11,15H,7-9H2,1-2H3. The zero-order chi connectivity index (χ0) is 13.0. The second kappa shape index (κ2) is 5.34. The molecule has 0 aromatic carbocycles. The van der Waals surface area contributed by atoms with Gasteiger partial charge in [-0.15, -0.1) is 0 Å². The van der Waals surface area contributed by atoms with Crippen molar-refractivity contribution >= 4 is 0 Å². The summed E-state index contributed by atoms with van der Waals surface area (Å²) in [7, 11) is 0. The van der Waals surface area contributed by atoms with Gasteiger partial charge in [0.05, 0.1) is 5.60 Å². The maximum atomic E-state index is 8.92. The Hall–Kier alpha value is -1.64. The van der Waals surface area contributed by atoms with E-state index in [1.165, 1.54) is 0 Å². The van der Waals surface area contributed by atoms with E-state index in [9.17, 15) is 0 Å². The quantitative estimate of drug-likeness (QED) is 0.866. The summed E-state index contributed by atoms with van der Waals surface area (Å²) >= 11 is 0. The van der Waals surface area contributed by atoms with Gasteiger partial charge in [-0.05, 0) is 26.0 Å². The number of rotatable bonds is 3. The van der Waals surface area contributed by atoms with Crippen LogP contribution >= 0.6 is 0 Å². The summed E-state index contributed by atoms with van der Waals surface area (Å²) in [6, 6.07) is 5.46. The van der Waals surface area contributed by atoms with Gasteiger partial charge in [0.25, 0.3) is 0 Å². The highest BCUT2D eigenvalue weighted by Crippen LogP contribution is 2.17. The Labute approximate surface area is 107 Å². The highest BCUT2D eigenvalue weighted by Gasteiger charge is 2.28. The van der Waals surface area contributed by atoms with Crippen molar-refractivity contribution in [3.63, 3.8) is 0 Å². The van der Waals surface area contributed by atoms with Crippen molar-refractivity contribution in [1.82, 2.24) is 10.3 Å². The molecule has 0 saturated carbocycles. The van der Waals surface area contributed by atoms with E-state index >= 15 is 0 Å². The molecular weight excluding hydrogens is 230 g/mol. The van der Waals surface area contributed by atoms with E-state index in [0.29, 0.717) is 18.1 Å². The third kappa shape index (κ3) is 3.19. The molecule has 5 heteroatoms. The molecule has 0 amide bonds. The third-order valence-electron chi connectivity index (χ3n) is 2.71. The summed E-state index contributed by atoms with van der Waals surface area (Å²) in [6.45, 7) is 6.04. The van der Waals surface area contributed by atoms with Gasteiger partial charge < -0.3 is 14.8 Å². The molecule has 1 atom stereocenters. The Morgan fingerprint density at radius 3 is 3.22 bits per heavy atom. The Morgan fingerprint density at radius 1 is 1.67 bits per heavy atom. The summed E-state index contributed by atoms with van der Waals surface area (Å²) in [5.41, 5.74) is 0.259. The zero-order valence-corrected chi connectivity index (χ0v) is 10.6. The van der Waals surface area contributed by atoms with Gasteiger partial charge in [-0.1, -0.05) is 0 Å². The molecule has 18 heavy (non-hydrogen) atoms. The molecule has 1 aliphatic rings. The lowest BCUT2D eigenvalue weighted by Crippen LogP contribution is -2.52. The molecule has 1 saturated heterocycles. The van der Waals surface area contributed by atoms with Gasteiger partial charge in [0.1, 0.15) is 24.3 Å². The Kier molecular flexibility index (Phi) is 3.80. The van der Waals surface area contributed by atoms with Gasteiger partial charge in [-0.3, -0.25) is 0 Å². The molecule has 1 fully saturated rings. The zero-order valence-electron chi connectivity index (χ0n) is 10.6. The van der Waals surface area contributed by atoms with Crippen molar-refractivity contribution in [2.75, 3.05) is 19.7 Å². The second-order valence-electron chi connectivity index (χ2n) is 4.91. The highest BCUT2D eigenvalue weighted by molar-refractivity contribution is 5.36. The van der Waals surface area contributed by atoms with Crippen LogP contribution in [0.5, 0.6) is 5.88 Å². The predicted octanol–water partition coefficient (Wildman–Crippen LogP) is 1.10. The minimum atomic E-state index is -0.186. The maximum Gasteiger partial charge on any atom is 0.231 e. The van der Waals surface area contributed by atoms with Gasteiger partial charge >= 0.3 is 0 Å². The third-order valence-corrected chi connectivity index (χ3v) is 2.71. The lowest BCUT2D eigenvalue weighted by molar-refractivity contribution is -0.107. The lowest BCUT2D eigenvalue weighted by atomic mass is 10.1.